The van der Waals surface area contributed by atoms with Gasteiger partial charge in [-0.15, -0.1) is 0 Å². The van der Waals surface area contributed by atoms with E-state index in [-0.39, 0.29) is 16.8 Å². The summed E-state index contributed by atoms with van der Waals surface area (Å²) >= 11 is 0. The summed E-state index contributed by atoms with van der Waals surface area (Å²) < 4.78 is 18.7. The molecule has 0 aromatic heterocycles. The molecule has 1 aliphatic heterocycles. The van der Waals surface area contributed by atoms with Gasteiger partial charge in [0.25, 0.3) is 0 Å². The van der Waals surface area contributed by atoms with Gasteiger partial charge in [-0.3, -0.25) is 4.99 Å². The Bertz CT molecular complexity index is 514. The molecular formula is C17H26FN3O. The lowest BCUT2D eigenvalue weighted by atomic mass is 9.74. The Morgan fingerprint density at radius 3 is 2.41 bits per heavy atom. The normalized spacial score (nSPS) is 19.0. The summed E-state index contributed by atoms with van der Waals surface area (Å²) in [6.07, 6.45) is 1.73. The van der Waals surface area contributed by atoms with E-state index in [1.165, 1.54) is 12.1 Å². The number of hydrogen-bond acceptors (Lipinski definition) is 2. The third-order valence-corrected chi connectivity index (χ3v) is 3.96. The quantitative estimate of drug-likeness (QED) is 0.666. The smallest absolute Gasteiger partial charge is 0.189 e. The molecule has 0 amide bonds. The number of nitrogens with one attached hydrogen (secondary N) is 1. The highest BCUT2D eigenvalue weighted by Crippen LogP contribution is 2.35. The highest BCUT2D eigenvalue weighted by atomic mass is 19.1. The van der Waals surface area contributed by atoms with Crippen molar-refractivity contribution in [2.45, 2.75) is 44.6 Å². The number of benzene rings is 1. The Labute approximate surface area is 132 Å². The second kappa shape index (κ2) is 6.65. The maximum atomic E-state index is 13.2. The summed E-state index contributed by atoms with van der Waals surface area (Å²) in [5, 5.41) is 3.17. The summed E-state index contributed by atoms with van der Waals surface area (Å²) in [6.45, 7) is 8.09. The number of rotatable bonds is 3. The van der Waals surface area contributed by atoms with Crippen LogP contribution in [0.25, 0.3) is 0 Å². The van der Waals surface area contributed by atoms with E-state index in [0.29, 0.717) is 25.7 Å². The van der Waals surface area contributed by atoms with Gasteiger partial charge in [0.1, 0.15) is 5.82 Å². The first-order chi connectivity index (χ1) is 10.3. The zero-order valence-corrected chi connectivity index (χ0v) is 13.7. The van der Waals surface area contributed by atoms with E-state index in [4.69, 9.17) is 10.5 Å². The van der Waals surface area contributed by atoms with Gasteiger partial charge < -0.3 is 15.8 Å². The molecule has 122 valence electrons. The number of nitrogens with zero attached hydrogens (tertiary/aromatic N) is 1. The highest BCUT2D eigenvalue weighted by Gasteiger charge is 2.34. The predicted octanol–water partition coefficient (Wildman–Crippen LogP) is 2.58. The molecule has 5 heteroatoms. The van der Waals surface area contributed by atoms with Gasteiger partial charge in [0.15, 0.2) is 5.96 Å². The maximum Gasteiger partial charge on any atom is 0.189 e. The number of hydrogen-bond donors (Lipinski definition) is 2. The molecule has 0 spiro atoms. The Kier molecular flexibility index (Phi) is 5.06. The van der Waals surface area contributed by atoms with Crippen molar-refractivity contribution in [3.63, 3.8) is 0 Å². The maximum absolute atomic E-state index is 13.2. The van der Waals surface area contributed by atoms with Gasteiger partial charge in [0.2, 0.25) is 0 Å². The lowest BCUT2D eigenvalue weighted by molar-refractivity contribution is 0.0531. The molecule has 0 radical (unpaired) electrons. The number of aliphatic imine (C=N–C) groups is 1. The average molecular weight is 307 g/mol. The van der Waals surface area contributed by atoms with E-state index in [1.807, 2.05) is 32.9 Å². The third-order valence-electron chi connectivity index (χ3n) is 3.96. The molecule has 2 rings (SSSR count). The number of guanidine groups is 1. The SMILES string of the molecule is CC(C)(C)NC(N)=NCC1(c2ccc(F)cc2)CCOCC1. The molecule has 0 unspecified atom stereocenters. The molecule has 22 heavy (non-hydrogen) atoms. The molecule has 3 N–H and O–H groups in total. The molecule has 1 heterocycles. The first kappa shape index (κ1) is 16.7. The van der Waals surface area contributed by atoms with Gasteiger partial charge in [-0.25, -0.2) is 4.39 Å². The van der Waals surface area contributed by atoms with Crippen molar-refractivity contribution >= 4 is 5.96 Å². The van der Waals surface area contributed by atoms with Crippen LogP contribution in [0.1, 0.15) is 39.2 Å². The fourth-order valence-electron chi connectivity index (χ4n) is 2.76. The largest absolute Gasteiger partial charge is 0.381 e. The van der Waals surface area contributed by atoms with Crippen LogP contribution in [-0.4, -0.2) is 31.3 Å². The zero-order chi connectivity index (χ0) is 16.2. The van der Waals surface area contributed by atoms with E-state index in [1.54, 1.807) is 0 Å². The number of nitrogens with two attached hydrogens (primary N) is 1. The molecular weight excluding hydrogens is 281 g/mol. The lowest BCUT2D eigenvalue weighted by Gasteiger charge is -2.36. The molecule has 0 bridgehead atoms. The van der Waals surface area contributed by atoms with Gasteiger partial charge in [-0.05, 0) is 51.3 Å². The summed E-state index contributed by atoms with van der Waals surface area (Å²) in [6, 6.07) is 6.72. The van der Waals surface area contributed by atoms with Crippen molar-refractivity contribution in [3.05, 3.63) is 35.6 Å². The van der Waals surface area contributed by atoms with Crippen LogP contribution in [0.4, 0.5) is 4.39 Å². The monoisotopic (exact) mass is 307 g/mol. The van der Waals surface area contributed by atoms with Crippen molar-refractivity contribution in [2.75, 3.05) is 19.8 Å². The van der Waals surface area contributed by atoms with Gasteiger partial charge in [0.05, 0.1) is 6.54 Å². The van der Waals surface area contributed by atoms with Crippen LogP contribution in [0.15, 0.2) is 29.3 Å². The van der Waals surface area contributed by atoms with Gasteiger partial charge in [-0.2, -0.15) is 0 Å². The van der Waals surface area contributed by atoms with Crippen molar-refractivity contribution in [2.24, 2.45) is 10.7 Å². The fraction of sp³-hybridized carbons (Fsp3) is 0.588. The molecule has 1 aliphatic rings. The van der Waals surface area contributed by atoms with Crippen molar-refractivity contribution in [1.82, 2.24) is 5.32 Å². The van der Waals surface area contributed by atoms with Crippen LogP contribution in [0, 0.1) is 5.82 Å². The van der Waals surface area contributed by atoms with Crippen LogP contribution in [0.2, 0.25) is 0 Å². The first-order valence-corrected chi connectivity index (χ1v) is 7.73. The highest BCUT2D eigenvalue weighted by molar-refractivity contribution is 5.78. The van der Waals surface area contributed by atoms with Gasteiger partial charge in [0, 0.05) is 24.2 Å². The Morgan fingerprint density at radius 2 is 1.86 bits per heavy atom. The summed E-state index contributed by atoms with van der Waals surface area (Å²) in [5.41, 5.74) is 6.84. The number of halogens is 1. The molecule has 0 aliphatic carbocycles. The minimum atomic E-state index is -0.219. The van der Waals surface area contributed by atoms with Crippen molar-refractivity contribution in [1.29, 1.82) is 0 Å². The Morgan fingerprint density at radius 1 is 1.27 bits per heavy atom. The van der Waals surface area contributed by atoms with Crippen LogP contribution >= 0.6 is 0 Å². The minimum Gasteiger partial charge on any atom is -0.381 e. The van der Waals surface area contributed by atoms with Gasteiger partial charge in [-0.1, -0.05) is 12.1 Å². The van der Waals surface area contributed by atoms with E-state index in [2.05, 4.69) is 10.3 Å². The predicted molar refractivity (Wildman–Crippen MR) is 87.5 cm³/mol. The Balaban J connectivity index is 2.19. The van der Waals surface area contributed by atoms with Crippen molar-refractivity contribution in [3.8, 4) is 0 Å². The number of ether oxygens (including phenoxy) is 1. The Hall–Kier alpha value is -1.62. The molecule has 0 saturated carbocycles. The van der Waals surface area contributed by atoms with Crippen molar-refractivity contribution < 1.29 is 9.13 Å². The molecule has 0 atom stereocenters. The molecule has 1 aromatic rings. The van der Waals surface area contributed by atoms with Crippen LogP contribution in [0.5, 0.6) is 0 Å². The van der Waals surface area contributed by atoms with E-state index in [0.717, 1.165) is 18.4 Å². The van der Waals surface area contributed by atoms with Gasteiger partial charge >= 0.3 is 0 Å². The molecule has 1 saturated heterocycles. The second-order valence-corrected chi connectivity index (χ2v) is 6.98. The summed E-state index contributed by atoms with van der Waals surface area (Å²) in [7, 11) is 0. The molecule has 1 fully saturated rings. The standard InChI is InChI=1S/C17H26FN3O/c1-16(2,3)21-15(19)20-12-17(8-10-22-11-9-17)13-4-6-14(18)7-5-13/h4-7H,8-12H2,1-3H3,(H3,19,20,21). The molecule has 4 nitrogen and oxygen atoms in total. The lowest BCUT2D eigenvalue weighted by Crippen LogP contribution is -2.46. The minimum absolute atomic E-state index is 0.119. The summed E-state index contributed by atoms with van der Waals surface area (Å²) in [5.74, 6) is 0.226. The fourth-order valence-corrected chi connectivity index (χ4v) is 2.76. The van der Waals surface area contributed by atoms with E-state index < -0.39 is 0 Å². The van der Waals surface area contributed by atoms with Crippen LogP contribution < -0.4 is 11.1 Å². The van der Waals surface area contributed by atoms with Crippen LogP contribution in [-0.2, 0) is 10.2 Å². The summed E-state index contributed by atoms with van der Waals surface area (Å²) in [4.78, 5) is 4.54. The zero-order valence-electron chi connectivity index (χ0n) is 13.7. The second-order valence-electron chi connectivity index (χ2n) is 6.98. The molecule has 1 aromatic carbocycles. The van der Waals surface area contributed by atoms with E-state index >= 15 is 0 Å². The van der Waals surface area contributed by atoms with Crippen LogP contribution in [0.3, 0.4) is 0 Å². The third kappa shape index (κ3) is 4.44. The topological polar surface area (TPSA) is 59.6 Å². The first-order valence-electron chi connectivity index (χ1n) is 7.73. The van der Waals surface area contributed by atoms with E-state index in [9.17, 15) is 4.39 Å². The average Bonchev–Trinajstić information content (AvgIpc) is 2.45.